The molecule has 5 heteroatoms. The Balaban J connectivity index is 1.32. The zero-order valence-corrected chi connectivity index (χ0v) is 15.2. The molecule has 0 spiro atoms. The number of aryl methyl sites for hydroxylation is 1. The first-order valence-electron chi connectivity index (χ1n) is 9.53. The van der Waals surface area contributed by atoms with Crippen molar-refractivity contribution >= 4 is 11.9 Å². The van der Waals surface area contributed by atoms with E-state index in [9.17, 15) is 9.59 Å². The fourth-order valence-corrected chi connectivity index (χ4v) is 6.02. The van der Waals surface area contributed by atoms with Gasteiger partial charge in [0.05, 0.1) is 0 Å². The fourth-order valence-electron chi connectivity index (χ4n) is 6.02. The van der Waals surface area contributed by atoms with Crippen LogP contribution in [0.3, 0.4) is 0 Å². The van der Waals surface area contributed by atoms with Gasteiger partial charge in [-0.1, -0.05) is 0 Å². The molecule has 0 unspecified atom stereocenters. The highest BCUT2D eigenvalue weighted by Gasteiger charge is 2.53. The number of hydrogen-bond donors (Lipinski definition) is 1. The topological polar surface area (TPSA) is 60.3 Å². The summed E-state index contributed by atoms with van der Waals surface area (Å²) in [5.74, 6) is 1.94. The van der Waals surface area contributed by atoms with Gasteiger partial charge in [-0.2, -0.15) is 0 Å². The van der Waals surface area contributed by atoms with Crippen LogP contribution in [0.25, 0.3) is 0 Å². The molecule has 1 atom stereocenters. The lowest BCUT2D eigenvalue weighted by Crippen LogP contribution is -2.56. The Bertz CT molecular complexity index is 643. The van der Waals surface area contributed by atoms with Crippen LogP contribution in [-0.4, -0.2) is 29.1 Å². The predicted octanol–water partition coefficient (Wildman–Crippen LogP) is 2.90. The Labute approximate surface area is 149 Å². The highest BCUT2D eigenvalue weighted by molar-refractivity contribution is 5.90. The molecule has 4 bridgehead atoms. The Kier molecular flexibility index (Phi) is 4.13. The molecule has 1 N–H and O–H groups in total. The molecular formula is C20H28N2O3. The van der Waals surface area contributed by atoms with Crippen molar-refractivity contribution in [3.63, 3.8) is 0 Å². The Morgan fingerprint density at radius 3 is 2.36 bits per heavy atom. The van der Waals surface area contributed by atoms with Crippen LogP contribution in [0.2, 0.25) is 0 Å². The lowest BCUT2D eigenvalue weighted by molar-refractivity contribution is -0.128. The molecule has 1 aromatic rings. The number of esters is 1. The molecule has 5 rings (SSSR count). The van der Waals surface area contributed by atoms with E-state index >= 15 is 0 Å². The summed E-state index contributed by atoms with van der Waals surface area (Å²) in [6, 6.07) is 3.63. The monoisotopic (exact) mass is 344 g/mol. The third kappa shape index (κ3) is 3.09. The molecule has 0 aromatic carbocycles. The largest absolute Gasteiger partial charge is 0.451 e. The van der Waals surface area contributed by atoms with Crippen LogP contribution in [0, 0.1) is 23.2 Å². The van der Waals surface area contributed by atoms with E-state index in [1.807, 2.05) is 0 Å². The van der Waals surface area contributed by atoms with Crippen molar-refractivity contribution in [2.45, 2.75) is 51.5 Å². The number of ether oxygens (including phenoxy) is 1. The number of amides is 1. The number of hydrogen-bond acceptors (Lipinski definition) is 3. The van der Waals surface area contributed by atoms with Crippen molar-refractivity contribution in [3.8, 4) is 0 Å². The first-order chi connectivity index (χ1) is 11.9. The van der Waals surface area contributed by atoms with E-state index in [2.05, 4.69) is 12.2 Å². The molecule has 0 aliphatic heterocycles. The van der Waals surface area contributed by atoms with E-state index < -0.39 is 5.97 Å². The Hall–Kier alpha value is -1.78. The average molecular weight is 344 g/mol. The molecule has 0 radical (unpaired) electrons. The quantitative estimate of drug-likeness (QED) is 0.836. The first-order valence-corrected chi connectivity index (χ1v) is 9.53. The predicted molar refractivity (Wildman–Crippen MR) is 93.9 cm³/mol. The van der Waals surface area contributed by atoms with Gasteiger partial charge >= 0.3 is 5.97 Å². The molecule has 1 heterocycles. The Morgan fingerprint density at radius 2 is 1.84 bits per heavy atom. The third-order valence-electron chi connectivity index (χ3n) is 6.87. The fraction of sp³-hybridized carbons (Fsp3) is 0.700. The molecule has 4 aliphatic rings. The van der Waals surface area contributed by atoms with Gasteiger partial charge < -0.3 is 14.6 Å². The lowest BCUT2D eigenvalue weighted by Gasteiger charge is -2.59. The van der Waals surface area contributed by atoms with Gasteiger partial charge in [-0.15, -0.1) is 0 Å². The lowest BCUT2D eigenvalue weighted by atomic mass is 9.48. The number of rotatable bonds is 5. The second-order valence-electron chi connectivity index (χ2n) is 8.65. The molecule has 4 aliphatic carbocycles. The third-order valence-corrected chi connectivity index (χ3v) is 6.87. The van der Waals surface area contributed by atoms with E-state index in [0.717, 1.165) is 17.8 Å². The maximum atomic E-state index is 12.3. The summed E-state index contributed by atoms with van der Waals surface area (Å²) in [5.41, 5.74) is 0.730. The first kappa shape index (κ1) is 16.7. The van der Waals surface area contributed by atoms with Crippen LogP contribution in [0.5, 0.6) is 0 Å². The molecular weight excluding hydrogens is 316 g/mol. The molecule has 4 saturated carbocycles. The number of carbonyl (C=O) groups is 2. The van der Waals surface area contributed by atoms with Gasteiger partial charge in [-0.25, -0.2) is 4.79 Å². The van der Waals surface area contributed by atoms with Crippen LogP contribution in [0.15, 0.2) is 18.3 Å². The molecule has 25 heavy (non-hydrogen) atoms. The van der Waals surface area contributed by atoms with Crippen LogP contribution in [0.4, 0.5) is 0 Å². The number of nitrogens with zero attached hydrogens (tertiary/aromatic N) is 1. The standard InChI is InChI=1S/C20H28N2O3/c1-13(20-9-14-6-15(10-20)8-16(7-14)11-20)21-18(23)12-25-19(24)17-4-3-5-22(17)2/h3-5,13-16H,6-12H2,1-2H3,(H,21,23)/t13-,14?,15?,16?,20?/m1/s1. The van der Waals surface area contributed by atoms with E-state index in [0.29, 0.717) is 5.69 Å². The van der Waals surface area contributed by atoms with Crippen molar-refractivity contribution in [2.75, 3.05) is 6.61 Å². The van der Waals surface area contributed by atoms with E-state index in [1.54, 1.807) is 29.9 Å². The van der Waals surface area contributed by atoms with Crippen LogP contribution in [0.1, 0.15) is 55.9 Å². The van der Waals surface area contributed by atoms with Crippen molar-refractivity contribution in [1.82, 2.24) is 9.88 Å². The zero-order valence-electron chi connectivity index (χ0n) is 15.2. The van der Waals surface area contributed by atoms with Gasteiger partial charge in [0.2, 0.25) is 0 Å². The van der Waals surface area contributed by atoms with Gasteiger partial charge in [-0.3, -0.25) is 4.79 Å². The van der Waals surface area contributed by atoms with Gasteiger partial charge in [0.25, 0.3) is 5.91 Å². The summed E-state index contributed by atoms with van der Waals surface area (Å²) in [6.07, 6.45) is 9.74. The van der Waals surface area contributed by atoms with Gasteiger partial charge in [0, 0.05) is 19.3 Å². The minimum Gasteiger partial charge on any atom is -0.451 e. The summed E-state index contributed by atoms with van der Waals surface area (Å²) < 4.78 is 6.87. The van der Waals surface area contributed by atoms with Crippen molar-refractivity contribution in [1.29, 1.82) is 0 Å². The van der Waals surface area contributed by atoms with Crippen LogP contribution < -0.4 is 5.32 Å². The second kappa shape index (κ2) is 6.19. The normalized spacial score (nSPS) is 33.9. The van der Waals surface area contributed by atoms with Gasteiger partial charge in [0.15, 0.2) is 6.61 Å². The summed E-state index contributed by atoms with van der Waals surface area (Å²) in [6.45, 7) is 1.94. The minimum atomic E-state index is -0.454. The smallest absolute Gasteiger partial charge is 0.355 e. The zero-order chi connectivity index (χ0) is 17.6. The number of aromatic nitrogens is 1. The number of nitrogens with one attached hydrogen (secondary N) is 1. The van der Waals surface area contributed by atoms with E-state index in [-0.39, 0.29) is 24.0 Å². The highest BCUT2D eigenvalue weighted by atomic mass is 16.5. The second-order valence-corrected chi connectivity index (χ2v) is 8.65. The molecule has 136 valence electrons. The molecule has 4 fully saturated rings. The van der Waals surface area contributed by atoms with Gasteiger partial charge in [0.1, 0.15) is 5.69 Å². The number of carbonyl (C=O) groups excluding carboxylic acids is 2. The average Bonchev–Trinajstić information content (AvgIpc) is 2.97. The summed E-state index contributed by atoms with van der Waals surface area (Å²) in [7, 11) is 1.78. The van der Waals surface area contributed by atoms with E-state index in [1.165, 1.54) is 38.5 Å². The molecule has 1 aromatic heterocycles. The minimum absolute atomic E-state index is 0.155. The van der Waals surface area contributed by atoms with Gasteiger partial charge in [-0.05, 0) is 80.8 Å². The molecule has 0 saturated heterocycles. The molecule has 5 nitrogen and oxygen atoms in total. The molecule has 1 amide bonds. The van der Waals surface area contributed by atoms with Crippen molar-refractivity contribution in [3.05, 3.63) is 24.0 Å². The van der Waals surface area contributed by atoms with Crippen LogP contribution in [-0.2, 0) is 16.6 Å². The maximum absolute atomic E-state index is 12.3. The van der Waals surface area contributed by atoms with Crippen LogP contribution >= 0.6 is 0 Å². The highest BCUT2D eigenvalue weighted by Crippen LogP contribution is 2.61. The Morgan fingerprint density at radius 1 is 1.24 bits per heavy atom. The van der Waals surface area contributed by atoms with E-state index in [4.69, 9.17) is 4.74 Å². The summed E-state index contributed by atoms with van der Waals surface area (Å²) in [4.78, 5) is 24.3. The summed E-state index contributed by atoms with van der Waals surface area (Å²) in [5, 5.41) is 3.13. The maximum Gasteiger partial charge on any atom is 0.355 e. The van der Waals surface area contributed by atoms with Crippen molar-refractivity contribution in [2.24, 2.45) is 30.2 Å². The summed E-state index contributed by atoms with van der Waals surface area (Å²) >= 11 is 0. The van der Waals surface area contributed by atoms with Crippen molar-refractivity contribution < 1.29 is 14.3 Å². The SMILES string of the molecule is C[C@@H](NC(=O)COC(=O)c1cccn1C)C12CC3CC(CC(C3)C1)C2.